The molecule has 1 aliphatic rings. The SMILES string of the molecule is O=C(O)CCCCc1nc2cc(C(=O)N[C@H]3CCCc4cc(Cl)ccc43)ccc2nc1-c1ccc(F)cc1. The number of nitrogens with zero attached hydrogens (tertiary/aromatic N) is 2. The fraction of sp³-hybridized carbons (Fsp3) is 0.267. The first kappa shape index (κ1) is 25.8. The molecule has 1 atom stereocenters. The number of hydrogen-bond acceptors (Lipinski definition) is 4. The summed E-state index contributed by atoms with van der Waals surface area (Å²) in [6.45, 7) is 0. The van der Waals surface area contributed by atoms with Crippen LogP contribution in [0.4, 0.5) is 4.39 Å². The Bertz CT molecular complexity index is 1510. The number of fused-ring (bicyclic) bond motifs is 2. The van der Waals surface area contributed by atoms with Crippen LogP contribution in [-0.2, 0) is 17.6 Å². The minimum atomic E-state index is -0.840. The monoisotopic (exact) mass is 531 g/mol. The van der Waals surface area contributed by atoms with Gasteiger partial charge in [0.05, 0.1) is 28.5 Å². The van der Waals surface area contributed by atoms with Gasteiger partial charge in [0.1, 0.15) is 5.82 Å². The van der Waals surface area contributed by atoms with Crippen molar-refractivity contribution >= 4 is 34.5 Å². The lowest BCUT2D eigenvalue weighted by Gasteiger charge is -2.26. The fourth-order valence-electron chi connectivity index (χ4n) is 4.99. The number of rotatable bonds is 8. The number of carboxylic acids is 1. The molecule has 8 heteroatoms. The first-order valence-corrected chi connectivity index (χ1v) is 13.1. The van der Waals surface area contributed by atoms with Crippen LogP contribution in [0.15, 0.2) is 60.7 Å². The van der Waals surface area contributed by atoms with E-state index in [-0.39, 0.29) is 24.2 Å². The van der Waals surface area contributed by atoms with Gasteiger partial charge in [0.2, 0.25) is 0 Å². The van der Waals surface area contributed by atoms with Crippen LogP contribution in [0.25, 0.3) is 22.3 Å². The molecular weight excluding hydrogens is 505 g/mol. The Hall–Kier alpha value is -3.84. The maximum atomic E-state index is 13.5. The molecule has 0 radical (unpaired) electrons. The number of halogens is 2. The smallest absolute Gasteiger partial charge is 0.303 e. The second kappa shape index (κ2) is 11.3. The van der Waals surface area contributed by atoms with Gasteiger partial charge in [-0.15, -0.1) is 0 Å². The number of benzene rings is 3. The van der Waals surface area contributed by atoms with Gasteiger partial charge in [0, 0.05) is 22.6 Å². The lowest BCUT2D eigenvalue weighted by Crippen LogP contribution is -2.31. The van der Waals surface area contributed by atoms with E-state index in [0.717, 1.165) is 30.4 Å². The zero-order chi connectivity index (χ0) is 26.6. The molecule has 0 fully saturated rings. The lowest BCUT2D eigenvalue weighted by atomic mass is 9.87. The van der Waals surface area contributed by atoms with Gasteiger partial charge < -0.3 is 10.4 Å². The minimum Gasteiger partial charge on any atom is -0.481 e. The maximum Gasteiger partial charge on any atom is 0.303 e. The van der Waals surface area contributed by atoms with Crippen molar-refractivity contribution in [1.82, 2.24) is 15.3 Å². The molecule has 1 amide bonds. The fourth-order valence-corrected chi connectivity index (χ4v) is 5.18. The van der Waals surface area contributed by atoms with E-state index in [4.69, 9.17) is 26.7 Å². The summed E-state index contributed by atoms with van der Waals surface area (Å²) in [7, 11) is 0. The predicted molar refractivity (Wildman–Crippen MR) is 145 cm³/mol. The molecule has 3 aromatic carbocycles. The Morgan fingerprint density at radius 1 is 1.00 bits per heavy atom. The number of hydrogen-bond donors (Lipinski definition) is 2. The minimum absolute atomic E-state index is 0.0771. The van der Waals surface area contributed by atoms with Crippen molar-refractivity contribution in [3.8, 4) is 11.3 Å². The van der Waals surface area contributed by atoms with Crippen LogP contribution in [0.5, 0.6) is 0 Å². The molecular formula is C30H27ClFN3O3. The zero-order valence-corrected chi connectivity index (χ0v) is 21.5. The van der Waals surface area contributed by atoms with Crippen LogP contribution in [0.3, 0.4) is 0 Å². The molecule has 6 nitrogen and oxygen atoms in total. The van der Waals surface area contributed by atoms with Gasteiger partial charge >= 0.3 is 5.97 Å². The number of carbonyl (C=O) groups is 2. The molecule has 5 rings (SSSR count). The van der Waals surface area contributed by atoms with E-state index in [1.165, 1.54) is 17.7 Å². The Balaban J connectivity index is 1.43. The number of nitrogens with one attached hydrogen (secondary N) is 1. The van der Waals surface area contributed by atoms with Gasteiger partial charge in [-0.2, -0.15) is 0 Å². The van der Waals surface area contributed by atoms with Gasteiger partial charge in [-0.3, -0.25) is 9.59 Å². The molecule has 4 aromatic rings. The average molecular weight is 532 g/mol. The van der Waals surface area contributed by atoms with Gasteiger partial charge in [-0.05, 0) is 104 Å². The molecule has 1 aliphatic carbocycles. The van der Waals surface area contributed by atoms with E-state index in [9.17, 15) is 14.0 Å². The van der Waals surface area contributed by atoms with Gasteiger partial charge in [0.15, 0.2) is 0 Å². The first-order valence-electron chi connectivity index (χ1n) is 12.7. The average Bonchev–Trinajstić information content (AvgIpc) is 2.90. The number of carboxylic acid groups (broad SMARTS) is 1. The molecule has 0 bridgehead atoms. The summed E-state index contributed by atoms with van der Waals surface area (Å²) in [6.07, 6.45) is 4.49. The van der Waals surface area contributed by atoms with Crippen LogP contribution >= 0.6 is 11.6 Å². The van der Waals surface area contributed by atoms with Crippen LogP contribution in [0.1, 0.15) is 65.3 Å². The number of aryl methyl sites for hydroxylation is 2. The number of amides is 1. The van der Waals surface area contributed by atoms with E-state index in [0.29, 0.717) is 52.3 Å². The van der Waals surface area contributed by atoms with Crippen molar-refractivity contribution in [3.05, 3.63) is 93.9 Å². The summed E-state index contributed by atoms with van der Waals surface area (Å²) in [5.41, 5.74) is 5.99. The van der Waals surface area contributed by atoms with E-state index >= 15 is 0 Å². The van der Waals surface area contributed by atoms with Crippen molar-refractivity contribution < 1.29 is 19.1 Å². The summed E-state index contributed by atoms with van der Waals surface area (Å²) in [5.74, 6) is -1.37. The quantitative estimate of drug-likeness (QED) is 0.247. The highest BCUT2D eigenvalue weighted by atomic mass is 35.5. The van der Waals surface area contributed by atoms with E-state index in [1.54, 1.807) is 30.3 Å². The van der Waals surface area contributed by atoms with Gasteiger partial charge in [-0.25, -0.2) is 14.4 Å². The number of carbonyl (C=O) groups excluding carboxylic acids is 1. The Morgan fingerprint density at radius 3 is 2.61 bits per heavy atom. The molecule has 1 heterocycles. The normalized spacial score (nSPS) is 14.7. The molecule has 0 saturated heterocycles. The molecule has 38 heavy (non-hydrogen) atoms. The van der Waals surface area contributed by atoms with Crippen molar-refractivity contribution in [3.63, 3.8) is 0 Å². The molecule has 2 N–H and O–H groups in total. The van der Waals surface area contributed by atoms with Crippen molar-refractivity contribution in [2.45, 2.75) is 51.0 Å². The van der Waals surface area contributed by atoms with Crippen LogP contribution in [0.2, 0.25) is 5.02 Å². The molecule has 0 spiro atoms. The third-order valence-corrected chi connectivity index (χ3v) is 7.13. The third kappa shape index (κ3) is 5.83. The first-order chi connectivity index (χ1) is 18.4. The standard InChI is InChI=1S/C30H27ClFN3O3/c31-21-11-14-23-19(16-21)4-3-6-24(23)35-30(38)20-10-15-25-27(17-20)33-26(5-1-2-7-28(36)37)29(34-25)18-8-12-22(32)13-9-18/h8-17,24H,1-7H2,(H,35,38)(H,36,37)/t24-/m0/s1. The topological polar surface area (TPSA) is 92.2 Å². The Kier molecular flexibility index (Phi) is 7.65. The van der Waals surface area contributed by atoms with Crippen molar-refractivity contribution in [2.75, 3.05) is 0 Å². The van der Waals surface area contributed by atoms with Crippen LogP contribution in [-0.4, -0.2) is 27.0 Å². The van der Waals surface area contributed by atoms with Gasteiger partial charge in [-0.1, -0.05) is 17.7 Å². The summed E-state index contributed by atoms with van der Waals surface area (Å²) in [5, 5.41) is 12.8. The predicted octanol–water partition coefficient (Wildman–Crippen LogP) is 6.69. The van der Waals surface area contributed by atoms with E-state index in [1.807, 2.05) is 18.2 Å². The van der Waals surface area contributed by atoms with E-state index in [2.05, 4.69) is 5.32 Å². The highest BCUT2D eigenvalue weighted by Crippen LogP contribution is 2.32. The number of unbranched alkanes of at least 4 members (excludes halogenated alkanes) is 1. The summed E-state index contributed by atoms with van der Waals surface area (Å²) in [4.78, 5) is 33.8. The molecule has 0 saturated carbocycles. The second-order valence-corrected chi connectivity index (χ2v) is 10.0. The number of aromatic nitrogens is 2. The Morgan fingerprint density at radius 2 is 1.82 bits per heavy atom. The van der Waals surface area contributed by atoms with E-state index < -0.39 is 5.97 Å². The summed E-state index contributed by atoms with van der Waals surface area (Å²) >= 11 is 6.16. The molecule has 0 aliphatic heterocycles. The number of aliphatic carboxylic acids is 1. The van der Waals surface area contributed by atoms with Crippen molar-refractivity contribution in [1.29, 1.82) is 0 Å². The summed E-state index contributed by atoms with van der Waals surface area (Å²) < 4.78 is 13.5. The summed E-state index contributed by atoms with van der Waals surface area (Å²) in [6, 6.07) is 17.0. The lowest BCUT2D eigenvalue weighted by molar-refractivity contribution is -0.137. The highest BCUT2D eigenvalue weighted by Gasteiger charge is 2.23. The second-order valence-electron chi connectivity index (χ2n) is 9.59. The maximum absolute atomic E-state index is 13.5. The largest absolute Gasteiger partial charge is 0.481 e. The van der Waals surface area contributed by atoms with Crippen molar-refractivity contribution in [2.24, 2.45) is 0 Å². The van der Waals surface area contributed by atoms with Crippen LogP contribution < -0.4 is 5.32 Å². The highest BCUT2D eigenvalue weighted by molar-refractivity contribution is 6.30. The molecule has 1 aromatic heterocycles. The van der Waals surface area contributed by atoms with Gasteiger partial charge in [0.25, 0.3) is 5.91 Å². The molecule has 194 valence electrons. The Labute approximate surface area is 224 Å². The third-order valence-electron chi connectivity index (χ3n) is 6.90. The molecule has 0 unspecified atom stereocenters. The zero-order valence-electron chi connectivity index (χ0n) is 20.7. The van der Waals surface area contributed by atoms with Crippen LogP contribution in [0, 0.1) is 5.82 Å².